The second-order valence-electron chi connectivity index (χ2n) is 3.57. The van der Waals surface area contributed by atoms with Gasteiger partial charge in [0.25, 0.3) is 0 Å². The molecule has 0 radical (unpaired) electrons. The van der Waals surface area contributed by atoms with Gasteiger partial charge in [0.2, 0.25) is 0 Å². The Hall–Kier alpha value is -1.52. The molecule has 0 bridgehead atoms. The summed E-state index contributed by atoms with van der Waals surface area (Å²) in [6, 6.07) is 8.46. The number of hydrogen-bond acceptors (Lipinski definition) is 3. The molecule has 17 heavy (non-hydrogen) atoms. The van der Waals surface area contributed by atoms with Gasteiger partial charge < -0.3 is 5.32 Å². The van der Waals surface area contributed by atoms with Crippen molar-refractivity contribution < 1.29 is 4.39 Å². The molecular weight excluding hydrogens is 241 g/mol. The molecule has 1 aromatic heterocycles. The Balaban J connectivity index is 1.88. The third kappa shape index (κ3) is 3.47. The van der Waals surface area contributed by atoms with Gasteiger partial charge in [-0.05, 0) is 29.8 Å². The maximum absolute atomic E-state index is 13.1. The van der Waals surface area contributed by atoms with Crippen LogP contribution < -0.4 is 5.32 Å². The number of nitrogens with zero attached hydrogens (tertiary/aromatic N) is 2. The average Bonchev–Trinajstić information content (AvgIpc) is 2.35. The van der Waals surface area contributed by atoms with Crippen LogP contribution in [0.15, 0.2) is 36.5 Å². The minimum absolute atomic E-state index is 0.141. The highest BCUT2D eigenvalue weighted by molar-refractivity contribution is 6.30. The largest absolute Gasteiger partial charge is 0.307 e. The lowest BCUT2D eigenvalue weighted by Gasteiger charge is -2.04. The normalized spacial score (nSPS) is 10.5. The van der Waals surface area contributed by atoms with Gasteiger partial charge in [0, 0.05) is 19.3 Å². The SMILES string of the molecule is Fc1cc(CNCc2cccnn2)ccc1Cl. The molecule has 0 amide bonds. The standard InChI is InChI=1S/C12H11ClFN3/c13-11-4-3-9(6-12(11)14)7-15-8-10-2-1-5-16-17-10/h1-6,15H,7-8H2. The van der Waals surface area contributed by atoms with Gasteiger partial charge in [-0.2, -0.15) is 10.2 Å². The molecule has 5 heteroatoms. The smallest absolute Gasteiger partial charge is 0.142 e. The maximum Gasteiger partial charge on any atom is 0.142 e. The van der Waals surface area contributed by atoms with E-state index in [2.05, 4.69) is 15.5 Å². The van der Waals surface area contributed by atoms with Crippen LogP contribution in [0.4, 0.5) is 4.39 Å². The molecule has 0 aliphatic rings. The summed E-state index contributed by atoms with van der Waals surface area (Å²) in [6.45, 7) is 1.16. The topological polar surface area (TPSA) is 37.8 Å². The first kappa shape index (κ1) is 12.0. The van der Waals surface area contributed by atoms with Gasteiger partial charge in [-0.3, -0.25) is 0 Å². The van der Waals surface area contributed by atoms with Gasteiger partial charge in [-0.25, -0.2) is 4.39 Å². The quantitative estimate of drug-likeness (QED) is 0.908. The number of aromatic nitrogens is 2. The molecule has 0 aliphatic heterocycles. The van der Waals surface area contributed by atoms with E-state index in [0.29, 0.717) is 13.1 Å². The summed E-state index contributed by atoms with van der Waals surface area (Å²) < 4.78 is 13.1. The van der Waals surface area contributed by atoms with E-state index in [1.165, 1.54) is 6.07 Å². The van der Waals surface area contributed by atoms with Crippen LogP contribution in [0.1, 0.15) is 11.3 Å². The van der Waals surface area contributed by atoms with Gasteiger partial charge in [0.15, 0.2) is 0 Å². The van der Waals surface area contributed by atoms with Crippen LogP contribution in [0.2, 0.25) is 5.02 Å². The summed E-state index contributed by atoms with van der Waals surface area (Å²) in [5.74, 6) is -0.398. The van der Waals surface area contributed by atoms with Crippen LogP contribution in [0, 0.1) is 5.82 Å². The highest BCUT2D eigenvalue weighted by atomic mass is 35.5. The van der Waals surface area contributed by atoms with Gasteiger partial charge in [-0.15, -0.1) is 0 Å². The van der Waals surface area contributed by atoms with E-state index in [-0.39, 0.29) is 5.02 Å². The zero-order valence-electron chi connectivity index (χ0n) is 9.03. The van der Waals surface area contributed by atoms with E-state index in [9.17, 15) is 4.39 Å². The molecule has 1 N–H and O–H groups in total. The van der Waals surface area contributed by atoms with E-state index < -0.39 is 5.82 Å². The first-order valence-corrected chi connectivity index (χ1v) is 5.55. The van der Waals surface area contributed by atoms with Crippen LogP contribution in [0.5, 0.6) is 0 Å². The summed E-state index contributed by atoms with van der Waals surface area (Å²) in [7, 11) is 0. The van der Waals surface area contributed by atoms with Gasteiger partial charge in [0.05, 0.1) is 10.7 Å². The van der Waals surface area contributed by atoms with E-state index >= 15 is 0 Å². The predicted octanol–water partition coefficient (Wildman–Crippen LogP) is 2.56. The fourth-order valence-electron chi connectivity index (χ4n) is 1.41. The maximum atomic E-state index is 13.1. The lowest BCUT2D eigenvalue weighted by atomic mass is 10.2. The van der Waals surface area contributed by atoms with Crippen LogP contribution in [-0.4, -0.2) is 10.2 Å². The molecule has 0 aliphatic carbocycles. The second kappa shape index (κ2) is 5.70. The lowest BCUT2D eigenvalue weighted by Crippen LogP contribution is -2.14. The highest BCUT2D eigenvalue weighted by Crippen LogP contribution is 2.15. The summed E-state index contributed by atoms with van der Waals surface area (Å²) >= 11 is 5.60. The fourth-order valence-corrected chi connectivity index (χ4v) is 1.53. The van der Waals surface area contributed by atoms with E-state index in [1.807, 2.05) is 12.1 Å². The zero-order chi connectivity index (χ0) is 12.1. The minimum atomic E-state index is -0.398. The van der Waals surface area contributed by atoms with Gasteiger partial charge >= 0.3 is 0 Å². The van der Waals surface area contributed by atoms with Crippen molar-refractivity contribution in [3.8, 4) is 0 Å². The summed E-state index contributed by atoms with van der Waals surface area (Å²) in [6.07, 6.45) is 1.62. The lowest BCUT2D eigenvalue weighted by molar-refractivity contribution is 0.619. The number of halogens is 2. The summed E-state index contributed by atoms with van der Waals surface area (Å²) in [5, 5.41) is 11.0. The Morgan fingerprint density at radius 1 is 1.24 bits per heavy atom. The van der Waals surface area contributed by atoms with Crippen LogP contribution >= 0.6 is 11.6 Å². The van der Waals surface area contributed by atoms with Crippen molar-refractivity contribution in [1.82, 2.24) is 15.5 Å². The van der Waals surface area contributed by atoms with Gasteiger partial charge in [-0.1, -0.05) is 17.7 Å². The molecule has 2 aromatic rings. The van der Waals surface area contributed by atoms with E-state index in [1.54, 1.807) is 18.3 Å². The Labute approximate surface area is 104 Å². The minimum Gasteiger partial charge on any atom is -0.307 e. The number of hydrogen-bond donors (Lipinski definition) is 1. The molecule has 0 saturated heterocycles. The van der Waals surface area contributed by atoms with Crippen LogP contribution in [0.3, 0.4) is 0 Å². The van der Waals surface area contributed by atoms with Crippen molar-refractivity contribution in [2.45, 2.75) is 13.1 Å². The Morgan fingerprint density at radius 2 is 2.12 bits per heavy atom. The monoisotopic (exact) mass is 251 g/mol. The molecule has 88 valence electrons. The molecule has 0 unspecified atom stereocenters. The molecule has 0 fully saturated rings. The average molecular weight is 252 g/mol. The second-order valence-corrected chi connectivity index (χ2v) is 3.97. The van der Waals surface area contributed by atoms with Crippen molar-refractivity contribution in [3.63, 3.8) is 0 Å². The first-order valence-electron chi connectivity index (χ1n) is 5.17. The first-order chi connectivity index (χ1) is 8.25. The fraction of sp³-hybridized carbons (Fsp3) is 0.167. The number of rotatable bonds is 4. The van der Waals surface area contributed by atoms with Gasteiger partial charge in [0.1, 0.15) is 5.82 Å². The highest BCUT2D eigenvalue weighted by Gasteiger charge is 2.01. The van der Waals surface area contributed by atoms with Crippen molar-refractivity contribution in [2.75, 3.05) is 0 Å². The van der Waals surface area contributed by atoms with Crippen molar-refractivity contribution >= 4 is 11.6 Å². The Bertz CT molecular complexity index is 490. The Kier molecular flexibility index (Phi) is 4.01. The van der Waals surface area contributed by atoms with E-state index in [0.717, 1.165) is 11.3 Å². The molecule has 2 rings (SSSR count). The Morgan fingerprint density at radius 3 is 2.82 bits per heavy atom. The molecule has 0 atom stereocenters. The van der Waals surface area contributed by atoms with Crippen molar-refractivity contribution in [2.24, 2.45) is 0 Å². The third-order valence-electron chi connectivity index (χ3n) is 2.25. The van der Waals surface area contributed by atoms with Crippen molar-refractivity contribution in [1.29, 1.82) is 0 Å². The number of nitrogens with one attached hydrogen (secondary N) is 1. The molecule has 1 aromatic carbocycles. The van der Waals surface area contributed by atoms with Crippen LogP contribution in [-0.2, 0) is 13.1 Å². The van der Waals surface area contributed by atoms with Crippen molar-refractivity contribution in [3.05, 3.63) is 58.6 Å². The van der Waals surface area contributed by atoms with E-state index in [4.69, 9.17) is 11.6 Å². The number of benzene rings is 1. The molecule has 0 saturated carbocycles. The van der Waals surface area contributed by atoms with Crippen LogP contribution in [0.25, 0.3) is 0 Å². The molecular formula is C12H11ClFN3. The zero-order valence-corrected chi connectivity index (χ0v) is 9.78. The molecule has 1 heterocycles. The summed E-state index contributed by atoms with van der Waals surface area (Å²) in [4.78, 5) is 0. The molecule has 0 spiro atoms. The summed E-state index contributed by atoms with van der Waals surface area (Å²) in [5.41, 5.74) is 1.69. The predicted molar refractivity (Wildman–Crippen MR) is 64.0 cm³/mol. The third-order valence-corrected chi connectivity index (χ3v) is 2.55. The molecule has 3 nitrogen and oxygen atoms in total.